The van der Waals surface area contributed by atoms with Crippen LogP contribution in [-0.4, -0.2) is 20.2 Å². The third-order valence-corrected chi connectivity index (χ3v) is 5.59. The topological polar surface area (TPSA) is 60.2 Å². The van der Waals surface area contributed by atoms with Gasteiger partial charge < -0.3 is 5.73 Å². The predicted octanol–water partition coefficient (Wildman–Crippen LogP) is 2.14. The van der Waals surface area contributed by atoms with Crippen molar-refractivity contribution >= 4 is 9.84 Å². The first-order chi connectivity index (χ1) is 8.76. The highest BCUT2D eigenvalue weighted by molar-refractivity contribution is 7.92. The first-order valence-corrected chi connectivity index (χ1v) is 7.45. The summed E-state index contributed by atoms with van der Waals surface area (Å²) in [6.07, 6.45) is -3.32. The molecule has 0 radical (unpaired) electrons. The van der Waals surface area contributed by atoms with Crippen LogP contribution in [0.25, 0.3) is 0 Å². The minimum atomic E-state index is -4.53. The number of halogens is 3. The van der Waals surface area contributed by atoms with E-state index in [1.54, 1.807) is 0 Å². The lowest BCUT2D eigenvalue weighted by molar-refractivity contribution is -0.137. The molecule has 1 aromatic carbocycles. The van der Waals surface area contributed by atoms with Gasteiger partial charge in [0.2, 0.25) is 0 Å². The Balaban J connectivity index is 2.39. The maximum Gasteiger partial charge on any atom is 0.416 e. The molecule has 0 fully saturated rings. The molecule has 19 heavy (non-hydrogen) atoms. The van der Waals surface area contributed by atoms with Gasteiger partial charge in [-0.15, -0.1) is 0 Å². The minimum Gasteiger partial charge on any atom is -0.330 e. The number of rotatable bonds is 3. The van der Waals surface area contributed by atoms with E-state index in [4.69, 9.17) is 5.73 Å². The summed E-state index contributed by atoms with van der Waals surface area (Å²) in [5.41, 5.74) is 4.88. The van der Waals surface area contributed by atoms with Crippen LogP contribution in [0.5, 0.6) is 0 Å². The average Bonchev–Trinajstić information content (AvgIpc) is 2.57. The zero-order valence-corrected chi connectivity index (χ0v) is 10.9. The summed E-state index contributed by atoms with van der Waals surface area (Å²) in [5.74, 6) is 0. The van der Waals surface area contributed by atoms with E-state index in [-0.39, 0.29) is 11.3 Å². The molecule has 0 saturated carbocycles. The molecule has 2 rings (SSSR count). The van der Waals surface area contributed by atoms with E-state index >= 15 is 0 Å². The third-order valence-electron chi connectivity index (χ3n) is 3.32. The van der Waals surface area contributed by atoms with Gasteiger partial charge >= 0.3 is 6.18 Å². The van der Waals surface area contributed by atoms with Crippen LogP contribution in [-0.2, 0) is 22.4 Å². The molecular weight excluding hydrogens is 279 g/mol. The molecule has 7 heteroatoms. The second-order valence-electron chi connectivity index (χ2n) is 4.62. The van der Waals surface area contributed by atoms with Crippen molar-refractivity contribution in [2.45, 2.75) is 35.6 Å². The molecule has 0 bridgehead atoms. The summed E-state index contributed by atoms with van der Waals surface area (Å²) in [6, 6.07) is 2.94. The third kappa shape index (κ3) is 2.62. The van der Waals surface area contributed by atoms with Gasteiger partial charge in [-0.05, 0) is 43.5 Å². The van der Waals surface area contributed by atoms with E-state index in [2.05, 4.69) is 0 Å². The molecule has 2 N–H and O–H groups in total. The van der Waals surface area contributed by atoms with E-state index in [0.717, 1.165) is 12.1 Å². The van der Waals surface area contributed by atoms with Crippen LogP contribution in [0, 0.1) is 0 Å². The largest absolute Gasteiger partial charge is 0.416 e. The van der Waals surface area contributed by atoms with Crippen molar-refractivity contribution in [3.05, 3.63) is 29.3 Å². The van der Waals surface area contributed by atoms with Gasteiger partial charge in [0.05, 0.1) is 15.7 Å². The van der Waals surface area contributed by atoms with Gasteiger partial charge in [-0.25, -0.2) is 8.42 Å². The highest BCUT2D eigenvalue weighted by Gasteiger charge is 2.39. The number of fused-ring (bicyclic) bond motifs is 1. The minimum absolute atomic E-state index is 0.177. The molecule has 1 unspecified atom stereocenters. The van der Waals surface area contributed by atoms with Crippen molar-refractivity contribution in [3.63, 3.8) is 0 Å². The van der Waals surface area contributed by atoms with E-state index in [0.29, 0.717) is 24.9 Å². The lowest BCUT2D eigenvalue weighted by Crippen LogP contribution is -2.18. The second-order valence-corrected chi connectivity index (χ2v) is 6.82. The SMILES string of the molecule is NCCCC1Cc2ccc(C(F)(F)F)cc2S1(=O)=O. The molecule has 0 saturated heterocycles. The zero-order valence-electron chi connectivity index (χ0n) is 10.1. The Kier molecular flexibility index (Phi) is 3.61. The van der Waals surface area contributed by atoms with Crippen molar-refractivity contribution in [2.24, 2.45) is 5.73 Å². The standard InChI is InChI=1S/C12H14F3NO2S/c13-12(14,15)9-4-3-8-6-10(2-1-5-16)19(17,18)11(8)7-9/h3-4,7,10H,1-2,5-6,16H2. The zero-order chi connectivity index (χ0) is 14.3. The Morgan fingerprint density at radius 1 is 1.32 bits per heavy atom. The number of sulfone groups is 1. The van der Waals surface area contributed by atoms with Gasteiger partial charge in [0.1, 0.15) is 0 Å². The van der Waals surface area contributed by atoms with Gasteiger partial charge in [-0.3, -0.25) is 0 Å². The molecule has 1 aliphatic rings. The average molecular weight is 293 g/mol. The Morgan fingerprint density at radius 3 is 2.58 bits per heavy atom. The predicted molar refractivity (Wildman–Crippen MR) is 64.4 cm³/mol. The number of hydrogen-bond donors (Lipinski definition) is 1. The molecule has 0 aromatic heterocycles. The Hall–Kier alpha value is -1.08. The van der Waals surface area contributed by atoms with Gasteiger partial charge in [0.25, 0.3) is 0 Å². The fourth-order valence-corrected chi connectivity index (χ4v) is 4.34. The molecule has 0 amide bonds. The summed E-state index contributed by atoms with van der Waals surface area (Å²) in [4.78, 5) is -0.177. The second kappa shape index (κ2) is 4.79. The Morgan fingerprint density at radius 2 is 2.00 bits per heavy atom. The van der Waals surface area contributed by atoms with E-state index in [1.807, 2.05) is 0 Å². The maximum absolute atomic E-state index is 12.6. The number of nitrogens with two attached hydrogens (primary N) is 1. The van der Waals surface area contributed by atoms with E-state index < -0.39 is 26.8 Å². The fraction of sp³-hybridized carbons (Fsp3) is 0.500. The van der Waals surface area contributed by atoms with Crippen LogP contribution in [0.3, 0.4) is 0 Å². The molecule has 106 valence electrons. The van der Waals surface area contributed by atoms with Gasteiger partial charge in [-0.1, -0.05) is 6.07 Å². The first kappa shape index (κ1) is 14.3. The van der Waals surface area contributed by atoms with Crippen molar-refractivity contribution in [2.75, 3.05) is 6.54 Å². The molecule has 0 aliphatic carbocycles. The van der Waals surface area contributed by atoms with Gasteiger partial charge in [0.15, 0.2) is 9.84 Å². The molecule has 0 spiro atoms. The van der Waals surface area contributed by atoms with Crippen molar-refractivity contribution < 1.29 is 21.6 Å². The number of hydrogen-bond acceptors (Lipinski definition) is 3. The first-order valence-electron chi connectivity index (χ1n) is 5.91. The summed E-state index contributed by atoms with van der Waals surface area (Å²) in [6.45, 7) is 0.371. The quantitative estimate of drug-likeness (QED) is 0.929. The molecule has 3 nitrogen and oxygen atoms in total. The van der Waals surface area contributed by atoms with Crippen LogP contribution >= 0.6 is 0 Å². The van der Waals surface area contributed by atoms with Crippen LogP contribution in [0.15, 0.2) is 23.1 Å². The molecule has 1 aromatic rings. The summed E-state index contributed by atoms with van der Waals surface area (Å²) < 4.78 is 62.1. The van der Waals surface area contributed by atoms with Crippen molar-refractivity contribution in [1.82, 2.24) is 0 Å². The Bertz CT molecular complexity index is 581. The van der Waals surface area contributed by atoms with Crippen molar-refractivity contribution in [1.29, 1.82) is 0 Å². The highest BCUT2D eigenvalue weighted by atomic mass is 32.2. The molecule has 1 heterocycles. The van der Waals surface area contributed by atoms with Crippen LogP contribution < -0.4 is 5.73 Å². The van der Waals surface area contributed by atoms with Crippen LogP contribution in [0.4, 0.5) is 13.2 Å². The monoisotopic (exact) mass is 293 g/mol. The number of benzene rings is 1. The smallest absolute Gasteiger partial charge is 0.330 e. The van der Waals surface area contributed by atoms with Crippen LogP contribution in [0.1, 0.15) is 24.0 Å². The van der Waals surface area contributed by atoms with Crippen LogP contribution in [0.2, 0.25) is 0 Å². The van der Waals surface area contributed by atoms with Gasteiger partial charge in [0, 0.05) is 0 Å². The summed E-state index contributed by atoms with van der Waals surface area (Å²) >= 11 is 0. The van der Waals surface area contributed by atoms with Crippen molar-refractivity contribution in [3.8, 4) is 0 Å². The fourth-order valence-electron chi connectivity index (χ4n) is 2.30. The normalized spacial score (nSPS) is 21.4. The Labute approximate surface area is 109 Å². The lowest BCUT2D eigenvalue weighted by atomic mass is 10.1. The molecular formula is C12H14F3NO2S. The summed E-state index contributed by atoms with van der Waals surface area (Å²) in [5, 5.41) is -0.644. The summed E-state index contributed by atoms with van der Waals surface area (Å²) in [7, 11) is -3.66. The molecule has 1 atom stereocenters. The lowest BCUT2D eigenvalue weighted by Gasteiger charge is -2.09. The molecule has 1 aliphatic heterocycles. The van der Waals surface area contributed by atoms with E-state index in [1.165, 1.54) is 6.07 Å². The van der Waals surface area contributed by atoms with Gasteiger partial charge in [-0.2, -0.15) is 13.2 Å². The highest BCUT2D eigenvalue weighted by Crippen LogP contribution is 2.38. The number of alkyl halides is 3. The van der Waals surface area contributed by atoms with E-state index in [9.17, 15) is 21.6 Å². The maximum atomic E-state index is 12.6.